The highest BCUT2D eigenvalue weighted by Gasteiger charge is 2.34. The van der Waals surface area contributed by atoms with Crippen molar-refractivity contribution in [1.82, 2.24) is 14.9 Å². The van der Waals surface area contributed by atoms with Gasteiger partial charge >= 0.3 is 0 Å². The number of carbonyl (C=O) groups excluding carboxylic acids is 1. The molecule has 4 rings (SSSR count). The van der Waals surface area contributed by atoms with Gasteiger partial charge in [-0.2, -0.15) is 0 Å². The topological polar surface area (TPSA) is 49.3 Å². The third kappa shape index (κ3) is 2.61. The first-order valence-electron chi connectivity index (χ1n) is 7.67. The molecule has 2 aliphatic rings. The number of anilines is 1. The van der Waals surface area contributed by atoms with Crippen molar-refractivity contribution in [1.29, 1.82) is 0 Å². The fraction of sp³-hybridized carbons (Fsp3) is 0.438. The summed E-state index contributed by atoms with van der Waals surface area (Å²) in [6, 6.07) is 5.54. The number of rotatable bonds is 2. The molecule has 2 fully saturated rings. The van der Waals surface area contributed by atoms with Crippen molar-refractivity contribution in [2.24, 2.45) is 5.92 Å². The highest BCUT2D eigenvalue weighted by molar-refractivity contribution is 6.31. The lowest BCUT2D eigenvalue weighted by molar-refractivity contribution is -0.132. The van der Waals surface area contributed by atoms with Gasteiger partial charge in [0.15, 0.2) is 0 Å². The van der Waals surface area contributed by atoms with E-state index in [1.807, 2.05) is 23.1 Å². The van der Waals surface area contributed by atoms with Crippen LogP contribution in [-0.4, -0.2) is 47.0 Å². The van der Waals surface area contributed by atoms with E-state index in [0.717, 1.165) is 55.9 Å². The average molecular weight is 317 g/mol. The molecular formula is C16H17ClN4O. The molecule has 6 heteroatoms. The SMILES string of the molecule is O=C(C1CC1)N1CCN(c2cnc3cc(Cl)ccc3n2)CC1. The normalized spacial score (nSPS) is 18.8. The van der Waals surface area contributed by atoms with Crippen molar-refractivity contribution in [3.8, 4) is 0 Å². The van der Waals surface area contributed by atoms with Gasteiger partial charge in [-0.3, -0.25) is 9.78 Å². The van der Waals surface area contributed by atoms with Crippen molar-refractivity contribution in [2.75, 3.05) is 31.1 Å². The van der Waals surface area contributed by atoms with Gasteiger partial charge in [0, 0.05) is 37.1 Å². The lowest BCUT2D eigenvalue weighted by atomic mass is 10.2. The summed E-state index contributed by atoms with van der Waals surface area (Å²) < 4.78 is 0. The van der Waals surface area contributed by atoms with Crippen LogP contribution < -0.4 is 4.90 Å². The molecule has 0 atom stereocenters. The Morgan fingerprint density at radius 3 is 2.64 bits per heavy atom. The number of amides is 1. The molecule has 5 nitrogen and oxygen atoms in total. The summed E-state index contributed by atoms with van der Waals surface area (Å²) in [6.07, 6.45) is 3.92. The van der Waals surface area contributed by atoms with Crippen LogP contribution in [0.2, 0.25) is 5.02 Å². The molecule has 1 aliphatic heterocycles. The Kier molecular flexibility index (Phi) is 3.37. The van der Waals surface area contributed by atoms with Gasteiger partial charge in [0.1, 0.15) is 5.82 Å². The minimum atomic E-state index is 0.303. The molecule has 1 aromatic heterocycles. The summed E-state index contributed by atoms with van der Waals surface area (Å²) in [5.41, 5.74) is 1.65. The van der Waals surface area contributed by atoms with Crippen molar-refractivity contribution >= 4 is 34.4 Å². The molecule has 2 aromatic rings. The fourth-order valence-electron chi connectivity index (χ4n) is 2.87. The maximum absolute atomic E-state index is 12.1. The molecule has 1 aliphatic carbocycles. The average Bonchev–Trinajstić information content (AvgIpc) is 3.39. The van der Waals surface area contributed by atoms with Gasteiger partial charge in [0.2, 0.25) is 5.91 Å². The molecule has 0 unspecified atom stereocenters. The number of carbonyl (C=O) groups is 1. The van der Waals surface area contributed by atoms with Crippen LogP contribution in [0.3, 0.4) is 0 Å². The second-order valence-corrected chi connectivity index (χ2v) is 6.38. The predicted octanol–water partition coefficient (Wildman–Crippen LogP) is 2.34. The molecule has 1 saturated carbocycles. The maximum Gasteiger partial charge on any atom is 0.225 e. The largest absolute Gasteiger partial charge is 0.352 e. The second kappa shape index (κ2) is 5.39. The summed E-state index contributed by atoms with van der Waals surface area (Å²) >= 11 is 5.97. The van der Waals surface area contributed by atoms with Crippen LogP contribution in [-0.2, 0) is 4.79 Å². The van der Waals surface area contributed by atoms with Gasteiger partial charge in [0.25, 0.3) is 0 Å². The standard InChI is InChI=1S/C16H17ClN4O/c17-12-3-4-13-14(9-12)18-10-15(19-13)20-5-7-21(8-6-20)16(22)11-1-2-11/h3-4,9-11H,1-2,5-8H2. The summed E-state index contributed by atoms with van der Waals surface area (Å²) in [5, 5.41) is 0.668. The van der Waals surface area contributed by atoms with Crippen molar-refractivity contribution in [2.45, 2.75) is 12.8 Å². The quantitative estimate of drug-likeness (QED) is 0.853. The highest BCUT2D eigenvalue weighted by atomic mass is 35.5. The van der Waals surface area contributed by atoms with Gasteiger partial charge in [-0.05, 0) is 31.0 Å². The Labute approximate surface area is 133 Å². The van der Waals surface area contributed by atoms with Crippen molar-refractivity contribution in [3.63, 3.8) is 0 Å². The van der Waals surface area contributed by atoms with E-state index in [-0.39, 0.29) is 0 Å². The lowest BCUT2D eigenvalue weighted by Crippen LogP contribution is -2.49. The second-order valence-electron chi connectivity index (χ2n) is 5.95. The molecule has 22 heavy (non-hydrogen) atoms. The summed E-state index contributed by atoms with van der Waals surface area (Å²) in [6.45, 7) is 3.17. The fourth-order valence-corrected chi connectivity index (χ4v) is 3.04. The van der Waals surface area contributed by atoms with Crippen molar-refractivity contribution < 1.29 is 4.79 Å². The number of nitrogens with zero attached hydrogens (tertiary/aromatic N) is 4. The van der Waals surface area contributed by atoms with Gasteiger partial charge in [-0.15, -0.1) is 0 Å². The van der Waals surface area contributed by atoms with E-state index >= 15 is 0 Å². The zero-order valence-electron chi connectivity index (χ0n) is 12.2. The number of piperazine rings is 1. The maximum atomic E-state index is 12.1. The van der Waals surface area contributed by atoms with Gasteiger partial charge in [-0.1, -0.05) is 11.6 Å². The summed E-state index contributed by atoms with van der Waals surface area (Å²) in [4.78, 5) is 25.4. The highest BCUT2D eigenvalue weighted by Crippen LogP contribution is 2.31. The predicted molar refractivity (Wildman–Crippen MR) is 86.1 cm³/mol. The Hall–Kier alpha value is -1.88. The smallest absolute Gasteiger partial charge is 0.225 e. The van der Waals surface area contributed by atoms with Crippen LogP contribution in [0.5, 0.6) is 0 Å². The van der Waals surface area contributed by atoms with Gasteiger partial charge < -0.3 is 9.80 Å². The van der Waals surface area contributed by atoms with Crippen LogP contribution in [0.1, 0.15) is 12.8 Å². The molecule has 1 aromatic carbocycles. The molecule has 114 valence electrons. The number of hydrogen-bond acceptors (Lipinski definition) is 4. The number of halogens is 1. The van der Waals surface area contributed by atoms with E-state index < -0.39 is 0 Å². The van der Waals surface area contributed by atoms with E-state index in [0.29, 0.717) is 16.8 Å². The van der Waals surface area contributed by atoms with E-state index in [2.05, 4.69) is 14.9 Å². The summed E-state index contributed by atoms with van der Waals surface area (Å²) in [5.74, 6) is 1.50. The van der Waals surface area contributed by atoms with E-state index in [4.69, 9.17) is 11.6 Å². The van der Waals surface area contributed by atoms with Crippen LogP contribution >= 0.6 is 11.6 Å². The molecule has 0 spiro atoms. The molecule has 1 saturated heterocycles. The minimum Gasteiger partial charge on any atom is -0.352 e. The number of aromatic nitrogens is 2. The molecule has 0 N–H and O–H groups in total. The first-order chi connectivity index (χ1) is 10.7. The van der Waals surface area contributed by atoms with Crippen LogP contribution in [0, 0.1) is 5.92 Å². The first-order valence-corrected chi connectivity index (χ1v) is 8.04. The summed E-state index contributed by atoms with van der Waals surface area (Å²) in [7, 11) is 0. The Bertz CT molecular complexity index is 723. The Morgan fingerprint density at radius 2 is 1.91 bits per heavy atom. The zero-order valence-corrected chi connectivity index (χ0v) is 13.0. The monoisotopic (exact) mass is 316 g/mol. The van der Waals surface area contributed by atoms with Crippen molar-refractivity contribution in [3.05, 3.63) is 29.4 Å². The van der Waals surface area contributed by atoms with E-state index in [1.165, 1.54) is 0 Å². The van der Waals surface area contributed by atoms with E-state index in [1.54, 1.807) is 6.20 Å². The van der Waals surface area contributed by atoms with Gasteiger partial charge in [-0.25, -0.2) is 4.98 Å². The van der Waals surface area contributed by atoms with Crippen LogP contribution in [0.4, 0.5) is 5.82 Å². The Balaban J connectivity index is 1.48. The number of fused-ring (bicyclic) bond motifs is 1. The lowest BCUT2D eigenvalue weighted by Gasteiger charge is -2.35. The first kappa shape index (κ1) is 13.8. The Morgan fingerprint density at radius 1 is 1.14 bits per heavy atom. The van der Waals surface area contributed by atoms with Gasteiger partial charge in [0.05, 0.1) is 17.2 Å². The minimum absolute atomic E-state index is 0.303. The van der Waals surface area contributed by atoms with Crippen LogP contribution in [0.25, 0.3) is 11.0 Å². The molecule has 2 heterocycles. The molecular weight excluding hydrogens is 300 g/mol. The van der Waals surface area contributed by atoms with E-state index in [9.17, 15) is 4.79 Å². The number of benzene rings is 1. The molecule has 1 amide bonds. The third-order valence-corrected chi connectivity index (χ3v) is 4.57. The zero-order chi connectivity index (χ0) is 15.1. The molecule has 0 radical (unpaired) electrons. The molecule has 0 bridgehead atoms. The third-order valence-electron chi connectivity index (χ3n) is 4.33. The number of hydrogen-bond donors (Lipinski definition) is 0. The van der Waals surface area contributed by atoms with Crippen LogP contribution in [0.15, 0.2) is 24.4 Å².